The van der Waals surface area contributed by atoms with Gasteiger partial charge in [-0.3, -0.25) is 4.79 Å². The zero-order valence-electron chi connectivity index (χ0n) is 12.2. The standard InChI is InChI=1S/C15H14O7.CH4.H2O/c1-2-21-15(20)12-6-3-8(22-12)7-11(17)9-4-5-10(16)14(19)13(9)18;;/h3-6,16,18-19H,2,7H2,1H3;1H4;1H2. The van der Waals surface area contributed by atoms with Crippen LogP contribution < -0.4 is 0 Å². The lowest BCUT2D eigenvalue weighted by molar-refractivity contribution is 0.0487. The third kappa shape index (κ3) is 4.26. The Balaban J connectivity index is 0.00000264. The van der Waals surface area contributed by atoms with Gasteiger partial charge in [0.05, 0.1) is 18.6 Å². The molecule has 2 aromatic rings. The van der Waals surface area contributed by atoms with Gasteiger partial charge in [0.25, 0.3) is 0 Å². The van der Waals surface area contributed by atoms with Crippen molar-refractivity contribution in [3.8, 4) is 17.2 Å². The second-order valence-corrected chi connectivity index (χ2v) is 4.42. The number of benzene rings is 1. The van der Waals surface area contributed by atoms with Crippen molar-refractivity contribution in [2.75, 3.05) is 6.61 Å². The van der Waals surface area contributed by atoms with Gasteiger partial charge < -0.3 is 29.9 Å². The molecule has 0 spiro atoms. The third-order valence-corrected chi connectivity index (χ3v) is 2.90. The van der Waals surface area contributed by atoms with Gasteiger partial charge in [0.2, 0.25) is 11.5 Å². The van der Waals surface area contributed by atoms with E-state index in [-0.39, 0.29) is 43.0 Å². The molecule has 0 radical (unpaired) electrons. The van der Waals surface area contributed by atoms with Gasteiger partial charge in [-0.05, 0) is 31.2 Å². The van der Waals surface area contributed by atoms with Crippen LogP contribution in [0.5, 0.6) is 17.2 Å². The summed E-state index contributed by atoms with van der Waals surface area (Å²) in [6, 6.07) is 5.10. The van der Waals surface area contributed by atoms with Crippen LogP contribution in [0.1, 0.15) is 41.0 Å². The van der Waals surface area contributed by atoms with E-state index in [0.29, 0.717) is 0 Å². The summed E-state index contributed by atoms with van der Waals surface area (Å²) in [4.78, 5) is 23.5. The number of ketones is 1. The van der Waals surface area contributed by atoms with Gasteiger partial charge in [-0.1, -0.05) is 7.43 Å². The van der Waals surface area contributed by atoms with E-state index in [1.165, 1.54) is 18.2 Å². The van der Waals surface area contributed by atoms with Crippen LogP contribution in [0.3, 0.4) is 0 Å². The average molecular weight is 340 g/mol. The van der Waals surface area contributed by atoms with Gasteiger partial charge in [-0.2, -0.15) is 0 Å². The number of esters is 1. The minimum atomic E-state index is -0.766. The number of furan rings is 1. The number of rotatable bonds is 5. The SMILES string of the molecule is C.CCOC(=O)c1ccc(CC(=O)c2ccc(O)c(O)c2O)o1.O. The molecule has 0 aliphatic rings. The van der Waals surface area contributed by atoms with Crippen molar-refractivity contribution in [1.29, 1.82) is 0 Å². The van der Waals surface area contributed by atoms with Crippen molar-refractivity contribution in [1.82, 2.24) is 0 Å². The highest BCUT2D eigenvalue weighted by Crippen LogP contribution is 2.37. The number of hydrogen-bond donors (Lipinski definition) is 3. The summed E-state index contributed by atoms with van der Waals surface area (Å²) in [5.41, 5.74) is -0.163. The number of hydrogen-bond acceptors (Lipinski definition) is 7. The molecule has 2 rings (SSSR count). The predicted molar refractivity (Wildman–Crippen MR) is 84.5 cm³/mol. The van der Waals surface area contributed by atoms with E-state index in [9.17, 15) is 24.9 Å². The highest BCUT2D eigenvalue weighted by molar-refractivity contribution is 6.00. The van der Waals surface area contributed by atoms with Crippen molar-refractivity contribution in [3.63, 3.8) is 0 Å². The number of aromatic hydroxyl groups is 3. The first-order valence-electron chi connectivity index (χ1n) is 6.47. The van der Waals surface area contributed by atoms with E-state index >= 15 is 0 Å². The molecule has 0 saturated heterocycles. The Labute approximate surface area is 138 Å². The normalized spacial score (nSPS) is 9.54. The fourth-order valence-electron chi connectivity index (χ4n) is 1.83. The van der Waals surface area contributed by atoms with E-state index in [0.717, 1.165) is 6.07 Å². The van der Waals surface area contributed by atoms with Crippen LogP contribution in [0, 0.1) is 0 Å². The third-order valence-electron chi connectivity index (χ3n) is 2.90. The summed E-state index contributed by atoms with van der Waals surface area (Å²) in [6.45, 7) is 1.86. The Bertz CT molecular complexity index is 717. The molecule has 0 unspecified atom stereocenters. The fourth-order valence-corrected chi connectivity index (χ4v) is 1.83. The molecule has 8 nitrogen and oxygen atoms in total. The summed E-state index contributed by atoms with van der Waals surface area (Å²) in [6.07, 6.45) is -0.225. The molecule has 0 atom stereocenters. The average Bonchev–Trinajstić information content (AvgIpc) is 2.93. The molecule has 0 bridgehead atoms. The first-order valence-corrected chi connectivity index (χ1v) is 6.47. The molecule has 5 N–H and O–H groups in total. The van der Waals surface area contributed by atoms with Crippen LogP contribution in [0.2, 0.25) is 0 Å². The first kappa shape index (κ1) is 21.0. The zero-order chi connectivity index (χ0) is 16.3. The Kier molecular flexibility index (Phi) is 7.51. The summed E-state index contributed by atoms with van der Waals surface area (Å²) < 4.78 is 9.96. The lowest BCUT2D eigenvalue weighted by atomic mass is 10.1. The van der Waals surface area contributed by atoms with Crippen molar-refractivity contribution in [3.05, 3.63) is 41.3 Å². The van der Waals surface area contributed by atoms with Gasteiger partial charge in [0.15, 0.2) is 17.3 Å². The van der Waals surface area contributed by atoms with Gasteiger partial charge in [0.1, 0.15) is 5.76 Å². The van der Waals surface area contributed by atoms with E-state index < -0.39 is 29.0 Å². The summed E-state index contributed by atoms with van der Waals surface area (Å²) in [5, 5.41) is 28.3. The smallest absolute Gasteiger partial charge is 0.374 e. The van der Waals surface area contributed by atoms with Crippen LogP contribution in [-0.2, 0) is 11.2 Å². The van der Waals surface area contributed by atoms with Crippen LogP contribution in [0.4, 0.5) is 0 Å². The van der Waals surface area contributed by atoms with Gasteiger partial charge in [-0.15, -0.1) is 0 Å². The molecular formula is C16H20O8. The fraction of sp³-hybridized carbons (Fsp3) is 0.250. The maximum absolute atomic E-state index is 12.1. The van der Waals surface area contributed by atoms with Crippen LogP contribution in [-0.4, -0.2) is 39.2 Å². The van der Waals surface area contributed by atoms with Crippen molar-refractivity contribution < 1.29 is 39.5 Å². The molecule has 24 heavy (non-hydrogen) atoms. The Morgan fingerprint density at radius 2 is 1.75 bits per heavy atom. The molecule has 0 fully saturated rings. The molecule has 0 amide bonds. The number of phenolic OH excluding ortho intramolecular Hbond substituents is 3. The summed E-state index contributed by atoms with van der Waals surface area (Å²) >= 11 is 0. The van der Waals surface area contributed by atoms with E-state index in [2.05, 4.69) is 0 Å². The first-order chi connectivity index (χ1) is 10.4. The molecule has 8 heteroatoms. The Hall–Kier alpha value is -3.00. The lowest BCUT2D eigenvalue weighted by Crippen LogP contribution is -2.04. The number of phenols is 3. The van der Waals surface area contributed by atoms with Gasteiger partial charge in [0, 0.05) is 0 Å². The monoisotopic (exact) mass is 340 g/mol. The minimum Gasteiger partial charge on any atom is -0.504 e. The number of carbonyl (C=O) groups is 2. The quantitative estimate of drug-likeness (QED) is 0.427. The van der Waals surface area contributed by atoms with E-state index in [1.54, 1.807) is 6.92 Å². The molecule has 0 aliphatic heterocycles. The largest absolute Gasteiger partial charge is 0.504 e. The lowest BCUT2D eigenvalue weighted by Gasteiger charge is -2.06. The molecular weight excluding hydrogens is 320 g/mol. The molecule has 0 aliphatic carbocycles. The van der Waals surface area contributed by atoms with Crippen molar-refractivity contribution >= 4 is 11.8 Å². The van der Waals surface area contributed by atoms with Crippen molar-refractivity contribution in [2.45, 2.75) is 20.8 Å². The maximum Gasteiger partial charge on any atom is 0.374 e. The highest BCUT2D eigenvalue weighted by Gasteiger charge is 2.19. The summed E-state index contributed by atoms with van der Waals surface area (Å²) in [7, 11) is 0. The van der Waals surface area contributed by atoms with Crippen LogP contribution in [0.15, 0.2) is 28.7 Å². The van der Waals surface area contributed by atoms with Crippen molar-refractivity contribution in [2.24, 2.45) is 0 Å². The van der Waals surface area contributed by atoms with E-state index in [4.69, 9.17) is 9.15 Å². The molecule has 1 aromatic heterocycles. The van der Waals surface area contributed by atoms with Gasteiger partial charge >= 0.3 is 5.97 Å². The van der Waals surface area contributed by atoms with Crippen LogP contribution >= 0.6 is 0 Å². The maximum atomic E-state index is 12.1. The molecule has 1 aromatic carbocycles. The zero-order valence-corrected chi connectivity index (χ0v) is 12.2. The molecule has 0 saturated carbocycles. The molecule has 132 valence electrons. The highest BCUT2D eigenvalue weighted by atomic mass is 16.5. The van der Waals surface area contributed by atoms with E-state index in [1.807, 2.05) is 0 Å². The second-order valence-electron chi connectivity index (χ2n) is 4.42. The van der Waals surface area contributed by atoms with Crippen LogP contribution in [0.25, 0.3) is 0 Å². The second kappa shape index (κ2) is 8.59. The number of ether oxygens (including phenoxy) is 1. The number of carbonyl (C=O) groups excluding carboxylic acids is 2. The minimum absolute atomic E-state index is 0. The Morgan fingerprint density at radius 3 is 2.38 bits per heavy atom. The summed E-state index contributed by atoms with van der Waals surface area (Å²) in [5.74, 6) is -3.00. The number of Topliss-reactive ketones (excluding diaryl/α,β-unsaturated/α-hetero) is 1. The Morgan fingerprint density at radius 1 is 1.08 bits per heavy atom. The molecule has 1 heterocycles. The topological polar surface area (TPSA) is 149 Å². The van der Waals surface area contributed by atoms with Gasteiger partial charge in [-0.25, -0.2) is 4.79 Å². The predicted octanol–water partition coefficient (Wildman–Crippen LogP) is 1.81.